The monoisotopic (exact) mass is 802 g/mol. The lowest BCUT2D eigenvalue weighted by molar-refractivity contribution is 0.669. The maximum atomic E-state index is 9.32. The lowest BCUT2D eigenvalue weighted by Gasteiger charge is -2.13. The fourth-order valence-corrected chi connectivity index (χ4v) is 9.04. The van der Waals surface area contributed by atoms with E-state index in [0.29, 0.717) is 23.0 Å². The van der Waals surface area contributed by atoms with Crippen LogP contribution in [0.5, 0.6) is 0 Å². The molecule has 12 rings (SSSR count). The maximum absolute atomic E-state index is 9.32. The van der Waals surface area contributed by atoms with E-state index in [-0.39, 0.29) is 0 Å². The summed E-state index contributed by atoms with van der Waals surface area (Å²) in [6.07, 6.45) is 0. The van der Waals surface area contributed by atoms with Gasteiger partial charge in [0.2, 0.25) is 0 Å². The van der Waals surface area contributed by atoms with Crippen molar-refractivity contribution in [3.63, 3.8) is 0 Å². The standard InChI is InChI=1S/C58H34N4O/c59-35-36-17-19-38(20-18-36)40-23-27-42(28-24-40)56-60-57(43-29-31-50-48-13-5-4-11-46(48)47-12-6-7-14-49(47)52(50)33-43)62-58(61-56)44-30-32-51-54(34-44)63-53-16-8-15-45(55(51)53)41-25-21-39(22-26-41)37-9-2-1-3-10-37/h1-34H. The Morgan fingerprint density at radius 1 is 0.317 bits per heavy atom. The second-order valence-electron chi connectivity index (χ2n) is 15.9. The number of nitriles is 1. The number of furan rings is 1. The van der Waals surface area contributed by atoms with Crippen LogP contribution in [0.15, 0.2) is 211 Å². The maximum Gasteiger partial charge on any atom is 0.164 e. The van der Waals surface area contributed by atoms with Gasteiger partial charge < -0.3 is 4.42 Å². The van der Waals surface area contributed by atoms with Gasteiger partial charge in [0, 0.05) is 27.5 Å². The quantitative estimate of drug-likeness (QED) is 0.157. The number of nitrogens with zero attached hydrogens (tertiary/aromatic N) is 4. The largest absolute Gasteiger partial charge is 0.456 e. The molecule has 2 aromatic heterocycles. The Morgan fingerprint density at radius 2 is 0.762 bits per heavy atom. The lowest BCUT2D eigenvalue weighted by Crippen LogP contribution is -2.00. The molecule has 0 fully saturated rings. The van der Waals surface area contributed by atoms with Crippen molar-refractivity contribution in [2.24, 2.45) is 0 Å². The Balaban J connectivity index is 0.995. The molecule has 292 valence electrons. The molecule has 0 amide bonds. The van der Waals surface area contributed by atoms with Crippen molar-refractivity contribution in [2.75, 3.05) is 0 Å². The zero-order valence-electron chi connectivity index (χ0n) is 33.8. The van der Waals surface area contributed by atoms with Crippen molar-refractivity contribution in [1.29, 1.82) is 5.26 Å². The van der Waals surface area contributed by atoms with Gasteiger partial charge in [-0.3, -0.25) is 0 Å². The Morgan fingerprint density at radius 3 is 1.37 bits per heavy atom. The molecule has 0 saturated heterocycles. The van der Waals surface area contributed by atoms with Gasteiger partial charge in [-0.25, -0.2) is 15.0 Å². The SMILES string of the molecule is N#Cc1ccc(-c2ccc(-c3nc(-c4ccc5c(c4)oc4cccc(-c6ccc(-c7ccccc7)cc6)c45)nc(-c4ccc5c6ccccc6c6ccccc6c5c4)n3)cc2)cc1. The summed E-state index contributed by atoms with van der Waals surface area (Å²) in [6, 6.07) is 73.5. The van der Waals surface area contributed by atoms with E-state index in [4.69, 9.17) is 19.4 Å². The molecule has 0 radical (unpaired) electrons. The van der Waals surface area contributed by atoms with Crippen LogP contribution >= 0.6 is 0 Å². The summed E-state index contributed by atoms with van der Waals surface area (Å²) < 4.78 is 6.60. The third-order valence-electron chi connectivity index (χ3n) is 12.2. The summed E-state index contributed by atoms with van der Waals surface area (Å²) >= 11 is 0. The van der Waals surface area contributed by atoms with E-state index < -0.39 is 0 Å². The van der Waals surface area contributed by atoms with E-state index in [2.05, 4.69) is 164 Å². The number of hydrogen-bond donors (Lipinski definition) is 0. The minimum atomic E-state index is 0.550. The highest BCUT2D eigenvalue weighted by atomic mass is 16.3. The Labute approximate surface area is 362 Å². The number of rotatable bonds is 6. The minimum Gasteiger partial charge on any atom is -0.456 e. The average molecular weight is 803 g/mol. The van der Waals surface area contributed by atoms with Crippen LogP contribution in [0.4, 0.5) is 0 Å². The first kappa shape index (κ1) is 36.2. The van der Waals surface area contributed by atoms with Crippen LogP contribution in [0.25, 0.3) is 122 Å². The lowest BCUT2D eigenvalue weighted by atomic mass is 9.93. The van der Waals surface area contributed by atoms with Gasteiger partial charge in [-0.2, -0.15) is 5.26 Å². The first-order chi connectivity index (χ1) is 31.1. The summed E-state index contributed by atoms with van der Waals surface area (Å²) in [7, 11) is 0. The molecule has 0 aliphatic rings. The molecule has 0 saturated carbocycles. The van der Waals surface area contributed by atoms with Gasteiger partial charge in [-0.15, -0.1) is 0 Å². The van der Waals surface area contributed by atoms with E-state index in [1.54, 1.807) is 0 Å². The summed E-state index contributed by atoms with van der Waals surface area (Å²) in [6.45, 7) is 0. The van der Waals surface area contributed by atoms with Crippen LogP contribution in [0.1, 0.15) is 5.56 Å². The molecule has 12 aromatic rings. The molecule has 2 heterocycles. The number of fused-ring (bicyclic) bond motifs is 9. The zero-order chi connectivity index (χ0) is 41.9. The summed E-state index contributed by atoms with van der Waals surface area (Å²) in [5.74, 6) is 1.70. The van der Waals surface area contributed by atoms with Gasteiger partial charge in [-0.05, 0) is 102 Å². The van der Waals surface area contributed by atoms with Crippen molar-refractivity contribution in [2.45, 2.75) is 0 Å². The van der Waals surface area contributed by atoms with E-state index >= 15 is 0 Å². The highest BCUT2D eigenvalue weighted by Gasteiger charge is 2.18. The molecule has 0 unspecified atom stereocenters. The molecule has 0 spiro atoms. The van der Waals surface area contributed by atoms with Crippen LogP contribution in [0.2, 0.25) is 0 Å². The van der Waals surface area contributed by atoms with E-state index in [1.165, 1.54) is 38.1 Å². The first-order valence-corrected chi connectivity index (χ1v) is 21.0. The van der Waals surface area contributed by atoms with E-state index in [1.807, 2.05) is 48.5 Å². The topological polar surface area (TPSA) is 75.6 Å². The third kappa shape index (κ3) is 6.29. The molecular formula is C58H34N4O. The number of aromatic nitrogens is 3. The first-order valence-electron chi connectivity index (χ1n) is 21.0. The van der Waals surface area contributed by atoms with Crippen molar-refractivity contribution in [3.05, 3.63) is 212 Å². The van der Waals surface area contributed by atoms with Gasteiger partial charge in [0.05, 0.1) is 11.6 Å². The van der Waals surface area contributed by atoms with Gasteiger partial charge >= 0.3 is 0 Å². The zero-order valence-corrected chi connectivity index (χ0v) is 33.8. The second-order valence-corrected chi connectivity index (χ2v) is 15.9. The van der Waals surface area contributed by atoms with Crippen LogP contribution in [-0.2, 0) is 0 Å². The van der Waals surface area contributed by atoms with Gasteiger partial charge in [0.1, 0.15) is 11.2 Å². The fourth-order valence-electron chi connectivity index (χ4n) is 9.04. The molecule has 0 aliphatic heterocycles. The molecule has 0 N–H and O–H groups in total. The predicted octanol–water partition coefficient (Wildman–Crippen LogP) is 15.1. The third-order valence-corrected chi connectivity index (χ3v) is 12.2. The Kier molecular flexibility index (Phi) is 8.48. The van der Waals surface area contributed by atoms with Gasteiger partial charge in [0.25, 0.3) is 0 Å². The van der Waals surface area contributed by atoms with Gasteiger partial charge in [-0.1, -0.05) is 170 Å². The molecule has 63 heavy (non-hydrogen) atoms. The normalized spacial score (nSPS) is 11.5. The fraction of sp³-hybridized carbons (Fsp3) is 0. The van der Waals surface area contributed by atoms with Crippen LogP contribution < -0.4 is 0 Å². The predicted molar refractivity (Wildman–Crippen MR) is 257 cm³/mol. The smallest absolute Gasteiger partial charge is 0.164 e. The highest BCUT2D eigenvalue weighted by molar-refractivity contribution is 6.25. The Hall–Kier alpha value is -8.72. The van der Waals surface area contributed by atoms with E-state index in [0.717, 1.165) is 66.3 Å². The second kappa shape index (κ2) is 14.8. The Bertz CT molecular complexity index is 3740. The molecule has 0 bridgehead atoms. The molecular weight excluding hydrogens is 769 g/mol. The summed E-state index contributed by atoms with van der Waals surface area (Å²) in [5.41, 5.74) is 11.5. The van der Waals surface area contributed by atoms with Crippen LogP contribution in [-0.4, -0.2) is 15.0 Å². The van der Waals surface area contributed by atoms with Crippen molar-refractivity contribution in [1.82, 2.24) is 15.0 Å². The summed E-state index contributed by atoms with van der Waals surface area (Å²) in [4.78, 5) is 15.5. The van der Waals surface area contributed by atoms with Crippen LogP contribution in [0, 0.1) is 11.3 Å². The molecule has 10 aromatic carbocycles. The summed E-state index contributed by atoms with van der Waals surface area (Å²) in [5, 5.41) is 18.6. The molecule has 0 atom stereocenters. The molecule has 0 aliphatic carbocycles. The van der Waals surface area contributed by atoms with Crippen LogP contribution in [0.3, 0.4) is 0 Å². The van der Waals surface area contributed by atoms with Crippen molar-refractivity contribution >= 4 is 54.3 Å². The molecule has 5 heteroatoms. The average Bonchev–Trinajstić information content (AvgIpc) is 3.75. The minimum absolute atomic E-state index is 0.550. The molecule has 5 nitrogen and oxygen atoms in total. The van der Waals surface area contributed by atoms with Gasteiger partial charge in [0.15, 0.2) is 17.5 Å². The van der Waals surface area contributed by atoms with E-state index in [9.17, 15) is 5.26 Å². The van der Waals surface area contributed by atoms with Crippen molar-refractivity contribution in [3.8, 4) is 73.6 Å². The number of benzene rings is 10. The number of hydrogen-bond acceptors (Lipinski definition) is 5. The highest BCUT2D eigenvalue weighted by Crippen LogP contribution is 2.40. The van der Waals surface area contributed by atoms with Crippen molar-refractivity contribution < 1.29 is 4.42 Å².